The Morgan fingerprint density at radius 3 is 1.87 bits per heavy atom. The molecule has 0 aromatic carbocycles. The van der Waals surface area contributed by atoms with Crippen LogP contribution in [0.3, 0.4) is 0 Å². The van der Waals surface area contributed by atoms with Gasteiger partial charge in [0, 0.05) is 58.9 Å². The first-order chi connectivity index (χ1) is 14.3. The normalized spacial score (nSPS) is 22.8. The van der Waals surface area contributed by atoms with E-state index >= 15 is 0 Å². The Bertz CT molecular complexity index is 550. The van der Waals surface area contributed by atoms with E-state index in [0.29, 0.717) is 45.6 Å². The van der Waals surface area contributed by atoms with Crippen molar-refractivity contribution in [2.24, 2.45) is 0 Å². The molecule has 0 bridgehead atoms. The summed E-state index contributed by atoms with van der Waals surface area (Å²) in [5.41, 5.74) is 0. The van der Waals surface area contributed by atoms with Crippen molar-refractivity contribution >= 4 is 24.4 Å². The van der Waals surface area contributed by atoms with E-state index in [1.807, 2.05) is 0 Å². The number of hydrogen-bond acceptors (Lipinski definition) is 5. The molecule has 2 N–H and O–H groups in total. The quantitative estimate of drug-likeness (QED) is 0.578. The molecule has 0 aliphatic carbocycles. The van der Waals surface area contributed by atoms with Gasteiger partial charge in [0.2, 0.25) is 5.91 Å². The second-order valence-corrected chi connectivity index (χ2v) is 7.59. The number of likely N-dealkylation sites (tertiary alicyclic amines) is 1. The predicted octanol–water partition coefficient (Wildman–Crippen LogP) is 1.12. The molecule has 0 saturated carbocycles. The maximum atomic E-state index is 12.3. The summed E-state index contributed by atoms with van der Waals surface area (Å²) in [6.07, 6.45) is -4.39. The third-order valence-electron chi connectivity index (χ3n) is 5.47. The molecule has 3 fully saturated rings. The second kappa shape index (κ2) is 13.9. The Morgan fingerprint density at radius 1 is 0.871 bits per heavy atom. The standard InChI is InChI=1S/C12H19F2N3O3.C6H12F2N2.ClH/c13-10(14)8-15-4-6-16(7-5-15)11(18)9-2-1-3-17(9)12(19)20;7-6(8)5-10-3-1-9-2-4-10;/h9-10H,1-8H2,(H,19,20);6,9H,1-5H2;1H/t9-;;/m0../s1. The van der Waals surface area contributed by atoms with Gasteiger partial charge in [-0.25, -0.2) is 22.4 Å². The average molecular weight is 478 g/mol. The fraction of sp³-hybridized carbons (Fsp3) is 0.889. The van der Waals surface area contributed by atoms with Crippen LogP contribution < -0.4 is 5.32 Å². The van der Waals surface area contributed by atoms with E-state index in [-0.39, 0.29) is 31.4 Å². The highest BCUT2D eigenvalue weighted by atomic mass is 35.5. The van der Waals surface area contributed by atoms with Crippen LogP contribution in [-0.4, -0.2) is 128 Å². The number of nitrogens with one attached hydrogen (secondary N) is 1. The molecule has 3 heterocycles. The van der Waals surface area contributed by atoms with Gasteiger partial charge in [-0.3, -0.25) is 19.5 Å². The number of hydrogen-bond donors (Lipinski definition) is 2. The molecule has 31 heavy (non-hydrogen) atoms. The van der Waals surface area contributed by atoms with Crippen molar-refractivity contribution in [3.63, 3.8) is 0 Å². The van der Waals surface area contributed by atoms with Crippen LogP contribution in [0.1, 0.15) is 12.8 Å². The lowest BCUT2D eigenvalue weighted by molar-refractivity contribution is -0.137. The number of nitrogens with zero attached hydrogens (tertiary/aromatic N) is 4. The molecule has 0 aromatic heterocycles. The third kappa shape index (κ3) is 9.34. The van der Waals surface area contributed by atoms with Gasteiger partial charge in [-0.05, 0) is 12.8 Å². The summed E-state index contributed by atoms with van der Waals surface area (Å²) in [5.74, 6) is -0.193. The van der Waals surface area contributed by atoms with Crippen molar-refractivity contribution in [1.29, 1.82) is 0 Å². The highest BCUT2D eigenvalue weighted by molar-refractivity contribution is 5.86. The van der Waals surface area contributed by atoms with Gasteiger partial charge in [-0.15, -0.1) is 12.4 Å². The van der Waals surface area contributed by atoms with Crippen LogP contribution in [0, 0.1) is 0 Å². The molecule has 8 nitrogen and oxygen atoms in total. The number of alkyl halides is 4. The Labute approximate surface area is 185 Å². The maximum Gasteiger partial charge on any atom is 0.407 e. The van der Waals surface area contributed by atoms with E-state index in [0.717, 1.165) is 26.2 Å². The second-order valence-electron chi connectivity index (χ2n) is 7.59. The van der Waals surface area contributed by atoms with Crippen LogP contribution in [0.25, 0.3) is 0 Å². The van der Waals surface area contributed by atoms with E-state index in [4.69, 9.17) is 5.11 Å². The molecule has 3 rings (SSSR count). The topological polar surface area (TPSA) is 79.4 Å². The molecule has 0 radical (unpaired) electrons. The van der Waals surface area contributed by atoms with Crippen molar-refractivity contribution in [2.75, 3.05) is 72.0 Å². The van der Waals surface area contributed by atoms with Gasteiger partial charge in [0.15, 0.2) is 0 Å². The van der Waals surface area contributed by atoms with Gasteiger partial charge in [0.25, 0.3) is 12.9 Å². The molecule has 13 heteroatoms. The van der Waals surface area contributed by atoms with Gasteiger partial charge in [-0.2, -0.15) is 0 Å². The summed E-state index contributed by atoms with van der Waals surface area (Å²) in [4.78, 5) is 29.5. The molecule has 3 aliphatic heterocycles. The highest BCUT2D eigenvalue weighted by Crippen LogP contribution is 2.20. The smallest absolute Gasteiger partial charge is 0.407 e. The lowest BCUT2D eigenvalue weighted by Gasteiger charge is -2.36. The van der Waals surface area contributed by atoms with E-state index in [1.54, 1.807) is 14.7 Å². The van der Waals surface area contributed by atoms with Crippen LogP contribution >= 0.6 is 12.4 Å². The number of carbonyl (C=O) groups is 2. The summed E-state index contributed by atoms with van der Waals surface area (Å²) in [5, 5.41) is 12.1. The SMILES string of the molecule is Cl.FC(F)CN1CCNCC1.O=C([C@@H]1CCCN1C(=O)O)N1CCN(CC(F)F)CC1. The third-order valence-corrected chi connectivity index (χ3v) is 5.47. The molecule has 0 spiro atoms. The molecular formula is C18H32ClF4N5O3. The first-order valence-electron chi connectivity index (χ1n) is 10.3. The molecular weight excluding hydrogens is 446 g/mol. The predicted molar refractivity (Wildman–Crippen MR) is 109 cm³/mol. The largest absolute Gasteiger partial charge is 0.465 e. The minimum Gasteiger partial charge on any atom is -0.465 e. The fourth-order valence-electron chi connectivity index (χ4n) is 3.90. The molecule has 0 unspecified atom stereocenters. The van der Waals surface area contributed by atoms with E-state index in [9.17, 15) is 27.2 Å². The maximum absolute atomic E-state index is 12.3. The molecule has 1 atom stereocenters. The minimum absolute atomic E-state index is 0. The number of carboxylic acid groups (broad SMARTS) is 1. The lowest BCUT2D eigenvalue weighted by atomic mass is 10.1. The number of carbonyl (C=O) groups excluding carboxylic acids is 1. The highest BCUT2D eigenvalue weighted by Gasteiger charge is 2.37. The molecule has 182 valence electrons. The number of amides is 2. The molecule has 3 aliphatic rings. The zero-order valence-corrected chi connectivity index (χ0v) is 18.2. The number of piperazine rings is 2. The van der Waals surface area contributed by atoms with Gasteiger partial charge < -0.3 is 15.3 Å². The molecule has 2 amide bonds. The zero-order chi connectivity index (χ0) is 22.1. The minimum atomic E-state index is -2.37. The number of rotatable bonds is 5. The summed E-state index contributed by atoms with van der Waals surface area (Å²) in [7, 11) is 0. The van der Waals surface area contributed by atoms with Crippen LogP contribution in [-0.2, 0) is 4.79 Å². The molecule has 0 aromatic rings. The zero-order valence-electron chi connectivity index (χ0n) is 17.4. The Hall–Kier alpha value is -1.37. The number of halogens is 5. The van der Waals surface area contributed by atoms with Crippen LogP contribution in [0.2, 0.25) is 0 Å². The fourth-order valence-corrected chi connectivity index (χ4v) is 3.90. The van der Waals surface area contributed by atoms with Gasteiger partial charge in [0.1, 0.15) is 6.04 Å². The summed E-state index contributed by atoms with van der Waals surface area (Å²) in [6, 6.07) is -0.603. The average Bonchev–Trinajstić information content (AvgIpc) is 3.19. The monoisotopic (exact) mass is 477 g/mol. The van der Waals surface area contributed by atoms with Gasteiger partial charge in [0.05, 0.1) is 13.1 Å². The van der Waals surface area contributed by atoms with Gasteiger partial charge in [-0.1, -0.05) is 0 Å². The Kier molecular flexibility index (Phi) is 12.4. The first-order valence-corrected chi connectivity index (χ1v) is 10.3. The van der Waals surface area contributed by atoms with Crippen molar-refractivity contribution in [3.8, 4) is 0 Å². The first kappa shape index (κ1) is 27.7. The van der Waals surface area contributed by atoms with Gasteiger partial charge >= 0.3 is 6.09 Å². The van der Waals surface area contributed by atoms with Crippen LogP contribution in [0.5, 0.6) is 0 Å². The van der Waals surface area contributed by atoms with E-state index in [1.165, 1.54) is 4.90 Å². The lowest BCUT2D eigenvalue weighted by Crippen LogP contribution is -2.54. The Balaban J connectivity index is 0.000000370. The summed E-state index contributed by atoms with van der Waals surface area (Å²) < 4.78 is 48.0. The van der Waals surface area contributed by atoms with Crippen molar-refractivity contribution in [1.82, 2.24) is 24.9 Å². The van der Waals surface area contributed by atoms with Crippen molar-refractivity contribution in [2.45, 2.75) is 31.7 Å². The van der Waals surface area contributed by atoms with Crippen LogP contribution in [0.15, 0.2) is 0 Å². The van der Waals surface area contributed by atoms with Crippen molar-refractivity contribution < 1.29 is 32.3 Å². The molecule has 3 saturated heterocycles. The Morgan fingerprint density at radius 2 is 1.39 bits per heavy atom. The van der Waals surface area contributed by atoms with Crippen LogP contribution in [0.4, 0.5) is 22.4 Å². The summed E-state index contributed by atoms with van der Waals surface area (Å²) in [6.45, 7) is 4.83. The van der Waals surface area contributed by atoms with Crippen molar-refractivity contribution in [3.05, 3.63) is 0 Å². The summed E-state index contributed by atoms with van der Waals surface area (Å²) >= 11 is 0. The van der Waals surface area contributed by atoms with E-state index < -0.39 is 25.0 Å². The van der Waals surface area contributed by atoms with E-state index in [2.05, 4.69) is 5.32 Å².